The zero-order chi connectivity index (χ0) is 22.6. The second-order valence-corrected chi connectivity index (χ2v) is 8.98. The molecule has 2 aliphatic heterocycles. The van der Waals surface area contributed by atoms with Gasteiger partial charge in [-0.1, -0.05) is 12.1 Å². The molecule has 6 rings (SSSR count). The molecule has 0 saturated heterocycles. The minimum absolute atomic E-state index is 0.250. The Kier molecular flexibility index (Phi) is 4.38. The summed E-state index contributed by atoms with van der Waals surface area (Å²) in [7, 11) is 0. The molecule has 1 amide bonds. The second kappa shape index (κ2) is 7.31. The van der Waals surface area contributed by atoms with Gasteiger partial charge in [0.25, 0.3) is 0 Å². The third-order valence-corrected chi connectivity index (χ3v) is 6.02. The molecule has 0 spiro atoms. The topological polar surface area (TPSA) is 90.3 Å². The molecule has 4 aromatic rings. The van der Waals surface area contributed by atoms with Crippen LogP contribution in [0, 0.1) is 0 Å². The fourth-order valence-electron chi connectivity index (χ4n) is 4.52. The van der Waals surface area contributed by atoms with Crippen molar-refractivity contribution in [1.82, 2.24) is 19.9 Å². The van der Waals surface area contributed by atoms with Crippen LogP contribution in [0.2, 0.25) is 0 Å². The van der Waals surface area contributed by atoms with Gasteiger partial charge in [0.15, 0.2) is 0 Å². The van der Waals surface area contributed by atoms with Crippen molar-refractivity contribution in [3.8, 4) is 17.4 Å². The third-order valence-electron chi connectivity index (χ3n) is 6.02. The Morgan fingerprint density at radius 1 is 1.18 bits per heavy atom. The van der Waals surface area contributed by atoms with E-state index in [4.69, 9.17) is 9.47 Å². The number of fused-ring (bicyclic) bond motifs is 3. The minimum atomic E-state index is -0.278. The highest BCUT2D eigenvalue weighted by molar-refractivity contribution is 5.99. The number of ether oxygens (including phenoxy) is 2. The summed E-state index contributed by atoms with van der Waals surface area (Å²) in [5.74, 6) is 1.96. The van der Waals surface area contributed by atoms with Crippen LogP contribution in [0.1, 0.15) is 30.7 Å². The highest BCUT2D eigenvalue weighted by Gasteiger charge is 2.32. The minimum Gasteiger partial charge on any atom is -0.485 e. The van der Waals surface area contributed by atoms with E-state index in [1.807, 2.05) is 56.3 Å². The third kappa shape index (κ3) is 3.48. The molecule has 2 aromatic carbocycles. The number of aromatic nitrogens is 3. The molecule has 166 valence electrons. The highest BCUT2D eigenvalue weighted by atomic mass is 16.5. The van der Waals surface area contributed by atoms with Crippen LogP contribution < -0.4 is 20.1 Å². The first-order valence-electron chi connectivity index (χ1n) is 10.9. The average molecular weight is 441 g/mol. The first-order chi connectivity index (χ1) is 16.0. The van der Waals surface area contributed by atoms with Crippen LogP contribution in [0.3, 0.4) is 0 Å². The predicted molar refractivity (Wildman–Crippen MR) is 124 cm³/mol. The van der Waals surface area contributed by atoms with Crippen molar-refractivity contribution in [2.45, 2.75) is 39.0 Å². The van der Waals surface area contributed by atoms with E-state index >= 15 is 0 Å². The van der Waals surface area contributed by atoms with Gasteiger partial charge in [-0.15, -0.1) is 0 Å². The van der Waals surface area contributed by atoms with E-state index in [-0.39, 0.29) is 11.6 Å². The van der Waals surface area contributed by atoms with Crippen LogP contribution >= 0.6 is 0 Å². The Morgan fingerprint density at radius 2 is 2.09 bits per heavy atom. The average Bonchev–Trinajstić information content (AvgIpc) is 3.49. The zero-order valence-electron chi connectivity index (χ0n) is 18.4. The van der Waals surface area contributed by atoms with E-state index in [2.05, 4.69) is 20.6 Å². The SMILES string of the molecule is CC1(C)Cc2cccc(NC(=O)n3ccc4cc(Oc5ncnc6c5CNC6)ccc43)c2O1. The lowest BCUT2D eigenvalue weighted by Gasteiger charge is -2.18. The van der Waals surface area contributed by atoms with Gasteiger partial charge in [-0.05, 0) is 44.2 Å². The number of hydrogen-bond donors (Lipinski definition) is 2. The summed E-state index contributed by atoms with van der Waals surface area (Å²) in [4.78, 5) is 21.7. The first-order valence-corrected chi connectivity index (χ1v) is 10.9. The molecule has 33 heavy (non-hydrogen) atoms. The summed E-state index contributed by atoms with van der Waals surface area (Å²) in [6.07, 6.45) is 4.09. The molecular weight excluding hydrogens is 418 g/mol. The van der Waals surface area contributed by atoms with Crippen LogP contribution in [-0.4, -0.2) is 26.2 Å². The van der Waals surface area contributed by atoms with Gasteiger partial charge in [-0.3, -0.25) is 4.57 Å². The molecule has 2 aromatic heterocycles. The molecular formula is C25H23N5O3. The number of carbonyl (C=O) groups is 1. The molecule has 8 heteroatoms. The Bertz CT molecular complexity index is 1410. The van der Waals surface area contributed by atoms with Gasteiger partial charge in [0.1, 0.15) is 23.4 Å². The Morgan fingerprint density at radius 3 is 3.00 bits per heavy atom. The normalized spacial score (nSPS) is 15.7. The molecule has 0 atom stereocenters. The number of para-hydroxylation sites is 1. The number of nitrogens with one attached hydrogen (secondary N) is 2. The van der Waals surface area contributed by atoms with Crippen molar-refractivity contribution in [2.75, 3.05) is 5.32 Å². The van der Waals surface area contributed by atoms with Gasteiger partial charge in [0, 0.05) is 36.7 Å². The maximum Gasteiger partial charge on any atom is 0.330 e. The van der Waals surface area contributed by atoms with E-state index in [0.29, 0.717) is 23.9 Å². The van der Waals surface area contributed by atoms with E-state index in [0.717, 1.165) is 46.4 Å². The Labute approximate surface area is 190 Å². The van der Waals surface area contributed by atoms with E-state index in [1.54, 1.807) is 10.8 Å². The number of nitrogens with zero attached hydrogens (tertiary/aromatic N) is 3. The maximum absolute atomic E-state index is 13.1. The first kappa shape index (κ1) is 19.8. The summed E-state index contributed by atoms with van der Waals surface area (Å²) < 4.78 is 13.7. The van der Waals surface area contributed by atoms with Gasteiger partial charge in [0.2, 0.25) is 5.88 Å². The van der Waals surface area contributed by atoms with Crippen LogP contribution in [0.15, 0.2) is 55.0 Å². The second-order valence-electron chi connectivity index (χ2n) is 8.98. The number of amides is 1. The molecule has 2 aliphatic rings. The highest BCUT2D eigenvalue weighted by Crippen LogP contribution is 2.40. The lowest BCUT2D eigenvalue weighted by atomic mass is 10.0. The molecule has 2 N–H and O–H groups in total. The lowest BCUT2D eigenvalue weighted by molar-refractivity contribution is 0.139. The van der Waals surface area contributed by atoms with Crippen molar-refractivity contribution in [1.29, 1.82) is 0 Å². The summed E-state index contributed by atoms with van der Waals surface area (Å²) in [6, 6.07) is 13.1. The van der Waals surface area contributed by atoms with Gasteiger partial charge < -0.3 is 20.1 Å². The number of hydrogen-bond acceptors (Lipinski definition) is 6. The van der Waals surface area contributed by atoms with Gasteiger partial charge in [-0.2, -0.15) is 0 Å². The molecule has 0 radical (unpaired) electrons. The largest absolute Gasteiger partial charge is 0.485 e. The smallest absolute Gasteiger partial charge is 0.330 e. The Balaban J connectivity index is 1.25. The summed E-state index contributed by atoms with van der Waals surface area (Å²) in [6.45, 7) is 5.50. The van der Waals surface area contributed by atoms with Gasteiger partial charge in [0.05, 0.1) is 22.5 Å². The van der Waals surface area contributed by atoms with Crippen molar-refractivity contribution in [3.63, 3.8) is 0 Å². The van der Waals surface area contributed by atoms with E-state index in [1.165, 1.54) is 6.33 Å². The summed E-state index contributed by atoms with van der Waals surface area (Å²) in [5.41, 5.74) is 4.22. The van der Waals surface area contributed by atoms with E-state index < -0.39 is 0 Å². The molecule has 0 saturated carbocycles. The Hall–Kier alpha value is -3.91. The molecule has 4 heterocycles. The molecule has 0 fully saturated rings. The lowest BCUT2D eigenvalue weighted by Crippen LogP contribution is -2.25. The zero-order valence-corrected chi connectivity index (χ0v) is 18.4. The summed E-state index contributed by atoms with van der Waals surface area (Å²) >= 11 is 0. The standard InChI is InChI=1S/C25H23N5O3/c1-25(2)11-16-4-3-5-19(22(16)33-25)29-24(31)30-9-8-15-10-17(6-7-21(15)30)32-23-18-12-26-13-20(18)27-14-28-23/h3-10,14,26H,11-13H2,1-2H3,(H,29,31). The van der Waals surface area contributed by atoms with E-state index in [9.17, 15) is 4.79 Å². The fraction of sp³-hybridized carbons (Fsp3) is 0.240. The van der Waals surface area contributed by atoms with Crippen LogP contribution in [0.5, 0.6) is 17.4 Å². The van der Waals surface area contributed by atoms with Crippen molar-refractivity contribution < 1.29 is 14.3 Å². The molecule has 8 nitrogen and oxygen atoms in total. The van der Waals surface area contributed by atoms with Gasteiger partial charge in [-0.25, -0.2) is 14.8 Å². The van der Waals surface area contributed by atoms with Gasteiger partial charge >= 0.3 is 6.03 Å². The summed E-state index contributed by atoms with van der Waals surface area (Å²) in [5, 5.41) is 7.15. The van der Waals surface area contributed by atoms with Crippen LogP contribution in [0.25, 0.3) is 10.9 Å². The molecule has 0 aliphatic carbocycles. The number of rotatable bonds is 3. The van der Waals surface area contributed by atoms with Crippen molar-refractivity contribution >= 4 is 22.6 Å². The number of anilines is 1. The number of carbonyl (C=O) groups excluding carboxylic acids is 1. The maximum atomic E-state index is 13.1. The molecule has 0 unspecified atom stereocenters. The quantitative estimate of drug-likeness (QED) is 0.482. The fourth-order valence-corrected chi connectivity index (χ4v) is 4.52. The predicted octanol–water partition coefficient (Wildman–Crippen LogP) is 4.62. The monoisotopic (exact) mass is 441 g/mol. The van der Waals surface area contributed by atoms with Crippen LogP contribution in [0.4, 0.5) is 10.5 Å². The van der Waals surface area contributed by atoms with Crippen LogP contribution in [-0.2, 0) is 19.5 Å². The number of benzene rings is 2. The van der Waals surface area contributed by atoms with Crippen molar-refractivity contribution in [2.24, 2.45) is 0 Å². The van der Waals surface area contributed by atoms with Crippen molar-refractivity contribution in [3.05, 3.63) is 71.8 Å². The molecule has 0 bridgehead atoms.